The van der Waals surface area contributed by atoms with Crippen LogP contribution in [0.3, 0.4) is 0 Å². The van der Waals surface area contributed by atoms with E-state index in [1.54, 1.807) is 41.1 Å². The number of halogens is 1. The first-order valence-corrected chi connectivity index (χ1v) is 9.97. The molecule has 1 aromatic heterocycles. The van der Waals surface area contributed by atoms with Crippen LogP contribution in [0, 0.1) is 18.2 Å². The maximum absolute atomic E-state index is 13.6. The number of hydrogen-bond acceptors (Lipinski definition) is 3. The number of nitrogens with one attached hydrogen (secondary N) is 1. The normalized spacial score (nSPS) is 12.2. The van der Waals surface area contributed by atoms with Gasteiger partial charge in [-0.2, -0.15) is 5.10 Å². The van der Waals surface area contributed by atoms with Crippen molar-refractivity contribution in [1.29, 1.82) is 0 Å². The molecule has 1 heterocycles. The number of aromatic nitrogens is 2. The van der Waals surface area contributed by atoms with Crippen molar-refractivity contribution in [1.82, 2.24) is 15.1 Å². The van der Waals surface area contributed by atoms with E-state index in [0.717, 1.165) is 30.5 Å². The standard InChI is InChI=1S/C24H21FN4O2/c1-3-16-6-4-7-19(14-16)28(15-22(30)26-2)24(31)23-20-8-5-9-21(20)29(27-23)18-12-10-17(25)11-13-18/h1,4,6-7,10-14H,5,8-9,15H2,2H3,(H,26,30). The zero-order valence-electron chi connectivity index (χ0n) is 17.1. The Morgan fingerprint density at radius 1 is 1.23 bits per heavy atom. The fourth-order valence-electron chi connectivity index (χ4n) is 3.80. The van der Waals surface area contributed by atoms with E-state index in [0.29, 0.717) is 22.6 Å². The van der Waals surface area contributed by atoms with Gasteiger partial charge in [0.1, 0.15) is 12.4 Å². The molecular weight excluding hydrogens is 395 g/mol. The molecule has 0 saturated carbocycles. The molecule has 0 radical (unpaired) electrons. The van der Waals surface area contributed by atoms with Gasteiger partial charge in [0.25, 0.3) is 5.91 Å². The topological polar surface area (TPSA) is 67.2 Å². The Hall–Kier alpha value is -3.92. The number of anilines is 1. The van der Waals surface area contributed by atoms with Gasteiger partial charge in [-0.25, -0.2) is 9.07 Å². The maximum atomic E-state index is 13.6. The van der Waals surface area contributed by atoms with Crippen LogP contribution in [0.25, 0.3) is 5.69 Å². The minimum absolute atomic E-state index is 0.165. The average molecular weight is 416 g/mol. The van der Waals surface area contributed by atoms with Gasteiger partial charge in [0.15, 0.2) is 5.69 Å². The molecule has 1 aliphatic rings. The van der Waals surface area contributed by atoms with Crippen molar-refractivity contribution >= 4 is 17.5 Å². The van der Waals surface area contributed by atoms with E-state index in [1.807, 2.05) is 0 Å². The molecule has 0 aliphatic heterocycles. The second kappa shape index (κ2) is 8.44. The van der Waals surface area contributed by atoms with Crippen molar-refractivity contribution in [2.75, 3.05) is 18.5 Å². The third kappa shape index (κ3) is 3.92. The zero-order valence-corrected chi connectivity index (χ0v) is 17.1. The number of rotatable bonds is 5. The fraction of sp³-hybridized carbons (Fsp3) is 0.208. The van der Waals surface area contributed by atoms with Crippen molar-refractivity contribution in [2.45, 2.75) is 19.3 Å². The van der Waals surface area contributed by atoms with Gasteiger partial charge in [0, 0.05) is 29.6 Å². The van der Waals surface area contributed by atoms with Gasteiger partial charge in [0.2, 0.25) is 5.91 Å². The summed E-state index contributed by atoms with van der Waals surface area (Å²) in [7, 11) is 1.52. The van der Waals surface area contributed by atoms with Gasteiger partial charge in [-0.3, -0.25) is 14.5 Å². The lowest BCUT2D eigenvalue weighted by molar-refractivity contribution is -0.119. The molecule has 0 bridgehead atoms. The predicted octanol–water partition coefficient (Wildman–Crippen LogP) is 2.87. The second-order valence-corrected chi connectivity index (χ2v) is 7.27. The van der Waals surface area contributed by atoms with Crippen LogP contribution in [-0.2, 0) is 17.6 Å². The van der Waals surface area contributed by atoms with Crippen molar-refractivity contribution in [3.8, 4) is 18.0 Å². The molecule has 3 aromatic rings. The number of terminal acetylenes is 1. The molecule has 2 aromatic carbocycles. The maximum Gasteiger partial charge on any atom is 0.279 e. The van der Waals surface area contributed by atoms with Gasteiger partial charge in [-0.05, 0) is 61.7 Å². The quantitative estimate of drug-likeness (QED) is 0.651. The number of carbonyl (C=O) groups excluding carboxylic acids is 2. The van der Waals surface area contributed by atoms with Crippen molar-refractivity contribution < 1.29 is 14.0 Å². The van der Waals surface area contributed by atoms with Gasteiger partial charge in [-0.1, -0.05) is 12.0 Å². The first kappa shape index (κ1) is 20.4. The lowest BCUT2D eigenvalue weighted by Crippen LogP contribution is -2.40. The highest BCUT2D eigenvalue weighted by atomic mass is 19.1. The zero-order chi connectivity index (χ0) is 22.0. The van der Waals surface area contributed by atoms with E-state index < -0.39 is 0 Å². The number of hydrogen-bond donors (Lipinski definition) is 1. The van der Waals surface area contributed by atoms with Crippen LogP contribution in [0.1, 0.15) is 33.7 Å². The molecule has 156 valence electrons. The molecule has 0 saturated heterocycles. The van der Waals surface area contributed by atoms with E-state index in [4.69, 9.17) is 6.42 Å². The Morgan fingerprint density at radius 2 is 2.00 bits per heavy atom. The monoisotopic (exact) mass is 416 g/mol. The number of amides is 2. The van der Waals surface area contributed by atoms with Crippen LogP contribution in [0.15, 0.2) is 48.5 Å². The molecule has 0 unspecified atom stereocenters. The van der Waals surface area contributed by atoms with Crippen LogP contribution < -0.4 is 10.2 Å². The van der Waals surface area contributed by atoms with Crippen molar-refractivity contribution in [3.05, 3.63) is 76.9 Å². The summed E-state index contributed by atoms with van der Waals surface area (Å²) in [4.78, 5) is 27.2. The summed E-state index contributed by atoms with van der Waals surface area (Å²) in [6, 6.07) is 12.9. The average Bonchev–Trinajstić information content (AvgIpc) is 3.40. The first-order valence-electron chi connectivity index (χ1n) is 9.97. The summed E-state index contributed by atoms with van der Waals surface area (Å²) < 4.78 is 15.1. The SMILES string of the molecule is C#Cc1cccc(N(CC(=O)NC)C(=O)c2nn(-c3ccc(F)cc3)c3c2CCC3)c1. The smallest absolute Gasteiger partial charge is 0.279 e. The number of carbonyl (C=O) groups is 2. The molecule has 4 rings (SSSR count). The third-order valence-electron chi connectivity index (χ3n) is 5.35. The molecule has 1 N–H and O–H groups in total. The lowest BCUT2D eigenvalue weighted by atomic mass is 10.1. The Labute approximate surface area is 179 Å². The van der Waals surface area contributed by atoms with Gasteiger partial charge >= 0.3 is 0 Å². The Kier molecular flexibility index (Phi) is 5.54. The Morgan fingerprint density at radius 3 is 2.71 bits per heavy atom. The van der Waals surface area contributed by atoms with E-state index in [-0.39, 0.29) is 24.2 Å². The van der Waals surface area contributed by atoms with Crippen LogP contribution >= 0.6 is 0 Å². The van der Waals surface area contributed by atoms with E-state index in [9.17, 15) is 14.0 Å². The number of fused-ring (bicyclic) bond motifs is 1. The molecular formula is C24H21FN4O2. The fourth-order valence-corrected chi connectivity index (χ4v) is 3.80. The van der Waals surface area contributed by atoms with Gasteiger partial charge in [-0.15, -0.1) is 6.42 Å². The highest BCUT2D eigenvalue weighted by Gasteiger charge is 2.31. The minimum atomic E-state index is -0.378. The van der Waals surface area contributed by atoms with Crippen LogP contribution in [0.5, 0.6) is 0 Å². The van der Waals surface area contributed by atoms with Crippen LogP contribution in [0.4, 0.5) is 10.1 Å². The number of benzene rings is 2. The minimum Gasteiger partial charge on any atom is -0.358 e. The highest BCUT2D eigenvalue weighted by Crippen LogP contribution is 2.30. The van der Waals surface area contributed by atoms with Crippen molar-refractivity contribution in [3.63, 3.8) is 0 Å². The molecule has 2 amide bonds. The molecule has 31 heavy (non-hydrogen) atoms. The predicted molar refractivity (Wildman–Crippen MR) is 116 cm³/mol. The third-order valence-corrected chi connectivity index (χ3v) is 5.35. The molecule has 6 nitrogen and oxygen atoms in total. The molecule has 7 heteroatoms. The van der Waals surface area contributed by atoms with Gasteiger partial charge < -0.3 is 5.32 Å². The molecule has 1 aliphatic carbocycles. The van der Waals surface area contributed by atoms with E-state index >= 15 is 0 Å². The summed E-state index contributed by atoms with van der Waals surface area (Å²) in [6.07, 6.45) is 7.90. The Bertz CT molecular complexity index is 1190. The molecule has 0 spiro atoms. The summed E-state index contributed by atoms with van der Waals surface area (Å²) in [5, 5.41) is 7.14. The summed E-state index contributed by atoms with van der Waals surface area (Å²) in [5.74, 6) is 1.52. The lowest BCUT2D eigenvalue weighted by Gasteiger charge is -2.22. The largest absolute Gasteiger partial charge is 0.358 e. The molecule has 0 fully saturated rings. The highest BCUT2D eigenvalue weighted by molar-refractivity contribution is 6.08. The summed E-state index contributed by atoms with van der Waals surface area (Å²) >= 11 is 0. The first-order chi connectivity index (χ1) is 15.0. The van der Waals surface area contributed by atoms with Gasteiger partial charge in [0.05, 0.1) is 5.69 Å². The van der Waals surface area contributed by atoms with Crippen molar-refractivity contribution in [2.24, 2.45) is 0 Å². The summed E-state index contributed by atoms with van der Waals surface area (Å²) in [5.41, 5.74) is 3.91. The van der Waals surface area contributed by atoms with Crippen LogP contribution in [-0.4, -0.2) is 35.2 Å². The van der Waals surface area contributed by atoms with Crippen LogP contribution in [0.2, 0.25) is 0 Å². The van der Waals surface area contributed by atoms with E-state index in [1.165, 1.54) is 24.1 Å². The second-order valence-electron chi connectivity index (χ2n) is 7.27. The number of likely N-dealkylation sites (N-methyl/N-ethyl adjacent to an activating group) is 1. The van der Waals surface area contributed by atoms with E-state index in [2.05, 4.69) is 16.3 Å². The number of nitrogens with zero attached hydrogens (tertiary/aromatic N) is 3. The summed E-state index contributed by atoms with van der Waals surface area (Å²) in [6.45, 7) is -0.165. The molecule has 0 atom stereocenters. The Balaban J connectivity index is 1.78.